The van der Waals surface area contributed by atoms with Crippen molar-refractivity contribution >= 4 is 0 Å². The Hall–Kier alpha value is -1.01. The highest BCUT2D eigenvalue weighted by atomic mass is 16.5. The van der Waals surface area contributed by atoms with E-state index in [1.165, 1.54) is 0 Å². The van der Waals surface area contributed by atoms with E-state index in [9.17, 15) is 5.11 Å². The van der Waals surface area contributed by atoms with Crippen molar-refractivity contribution in [2.45, 2.75) is 44.8 Å². The summed E-state index contributed by atoms with van der Waals surface area (Å²) in [6, 6.07) is 2.01. The Bertz CT molecular complexity index is 244. The molecule has 3 heteroatoms. The van der Waals surface area contributed by atoms with Crippen LogP contribution in [0.3, 0.4) is 0 Å². The molecule has 0 aromatic carbocycles. The first-order valence-electron chi connectivity index (χ1n) is 5.12. The number of unbranched alkanes of at least 4 members (excludes halogenated alkanes) is 1. The van der Waals surface area contributed by atoms with Crippen LogP contribution in [0, 0.1) is 17.2 Å². The Balaban J connectivity index is 2.49. The fourth-order valence-corrected chi connectivity index (χ4v) is 1.72. The van der Waals surface area contributed by atoms with Crippen molar-refractivity contribution in [3.63, 3.8) is 0 Å². The standard InChI is InChI=1S/C11H17NO2/c1-3-4-5-9-6-11(13)10(7-12)8(2)14-9/h9-11,13H,2-6H2,1H3. The van der Waals surface area contributed by atoms with Crippen LogP contribution in [0.1, 0.15) is 32.6 Å². The topological polar surface area (TPSA) is 53.2 Å². The first-order valence-corrected chi connectivity index (χ1v) is 5.12. The van der Waals surface area contributed by atoms with E-state index < -0.39 is 12.0 Å². The smallest absolute Gasteiger partial charge is 0.129 e. The number of hydrogen-bond donors (Lipinski definition) is 1. The zero-order chi connectivity index (χ0) is 10.6. The molecule has 0 bridgehead atoms. The normalized spacial score (nSPS) is 32.1. The van der Waals surface area contributed by atoms with E-state index in [0.29, 0.717) is 12.2 Å². The molecule has 0 aliphatic carbocycles. The molecule has 1 heterocycles. The quantitative estimate of drug-likeness (QED) is 0.749. The summed E-state index contributed by atoms with van der Waals surface area (Å²) >= 11 is 0. The lowest BCUT2D eigenvalue weighted by atomic mass is 9.92. The monoisotopic (exact) mass is 195 g/mol. The number of nitrogens with zero attached hydrogens (tertiary/aromatic N) is 1. The van der Waals surface area contributed by atoms with E-state index in [1.54, 1.807) is 0 Å². The number of aliphatic hydroxyl groups is 1. The van der Waals surface area contributed by atoms with Crippen LogP contribution in [0.25, 0.3) is 0 Å². The molecule has 3 atom stereocenters. The molecule has 0 amide bonds. The van der Waals surface area contributed by atoms with Crippen LogP contribution in [0.2, 0.25) is 0 Å². The Kier molecular flexibility index (Phi) is 3.97. The molecule has 0 spiro atoms. The Morgan fingerprint density at radius 1 is 1.71 bits per heavy atom. The van der Waals surface area contributed by atoms with Crippen LogP contribution in [0.15, 0.2) is 12.3 Å². The number of rotatable bonds is 3. The Labute approximate surface area is 85.0 Å². The maximum Gasteiger partial charge on any atom is 0.129 e. The van der Waals surface area contributed by atoms with Gasteiger partial charge in [-0.25, -0.2) is 0 Å². The molecule has 1 aliphatic rings. The van der Waals surface area contributed by atoms with Crippen molar-refractivity contribution in [3.8, 4) is 6.07 Å². The van der Waals surface area contributed by atoms with Gasteiger partial charge in [0, 0.05) is 6.42 Å². The molecule has 14 heavy (non-hydrogen) atoms. The van der Waals surface area contributed by atoms with Crippen molar-refractivity contribution < 1.29 is 9.84 Å². The average molecular weight is 195 g/mol. The van der Waals surface area contributed by atoms with Crippen LogP contribution in [0.5, 0.6) is 0 Å². The fourth-order valence-electron chi connectivity index (χ4n) is 1.72. The van der Waals surface area contributed by atoms with E-state index >= 15 is 0 Å². The van der Waals surface area contributed by atoms with E-state index in [4.69, 9.17) is 10.00 Å². The predicted molar refractivity (Wildman–Crippen MR) is 53.3 cm³/mol. The molecule has 0 saturated carbocycles. The van der Waals surface area contributed by atoms with E-state index in [0.717, 1.165) is 19.3 Å². The van der Waals surface area contributed by atoms with Gasteiger partial charge in [0.15, 0.2) is 0 Å². The summed E-state index contributed by atoms with van der Waals surface area (Å²) in [6.45, 7) is 5.79. The second kappa shape index (κ2) is 5.02. The number of aliphatic hydroxyl groups excluding tert-OH is 1. The minimum absolute atomic E-state index is 0.0436. The van der Waals surface area contributed by atoms with Gasteiger partial charge in [-0.1, -0.05) is 26.3 Å². The Morgan fingerprint density at radius 2 is 2.43 bits per heavy atom. The van der Waals surface area contributed by atoms with Gasteiger partial charge < -0.3 is 9.84 Å². The molecule has 1 rings (SSSR count). The molecule has 1 fully saturated rings. The second-order valence-corrected chi connectivity index (χ2v) is 3.76. The third-order valence-corrected chi connectivity index (χ3v) is 2.57. The minimum Gasteiger partial charge on any atom is -0.494 e. The van der Waals surface area contributed by atoms with Crippen LogP contribution >= 0.6 is 0 Å². The molecule has 3 unspecified atom stereocenters. The van der Waals surface area contributed by atoms with Crippen LogP contribution in [-0.2, 0) is 4.74 Å². The van der Waals surface area contributed by atoms with Crippen molar-refractivity contribution in [3.05, 3.63) is 12.3 Å². The van der Waals surface area contributed by atoms with Gasteiger partial charge in [-0.3, -0.25) is 0 Å². The number of hydrogen-bond acceptors (Lipinski definition) is 3. The molecule has 0 aromatic rings. The third-order valence-electron chi connectivity index (χ3n) is 2.57. The average Bonchev–Trinajstić information content (AvgIpc) is 2.14. The predicted octanol–water partition coefficient (Wildman–Crippen LogP) is 1.98. The Morgan fingerprint density at radius 3 is 2.93 bits per heavy atom. The number of ether oxygens (including phenoxy) is 1. The van der Waals surface area contributed by atoms with Gasteiger partial charge in [0.2, 0.25) is 0 Å². The third kappa shape index (κ3) is 2.49. The lowest BCUT2D eigenvalue weighted by Gasteiger charge is -2.32. The summed E-state index contributed by atoms with van der Waals surface area (Å²) in [5, 5.41) is 18.4. The van der Waals surface area contributed by atoms with Crippen molar-refractivity contribution in [2.75, 3.05) is 0 Å². The summed E-state index contributed by atoms with van der Waals surface area (Å²) in [5.74, 6) is -0.125. The van der Waals surface area contributed by atoms with Crippen LogP contribution < -0.4 is 0 Å². The highest BCUT2D eigenvalue weighted by molar-refractivity contribution is 5.10. The summed E-state index contributed by atoms with van der Waals surface area (Å²) in [5.41, 5.74) is 0. The second-order valence-electron chi connectivity index (χ2n) is 3.76. The maximum absolute atomic E-state index is 9.65. The maximum atomic E-state index is 9.65. The molecular weight excluding hydrogens is 178 g/mol. The van der Waals surface area contributed by atoms with Crippen molar-refractivity contribution in [2.24, 2.45) is 5.92 Å². The van der Waals surface area contributed by atoms with Crippen molar-refractivity contribution in [1.82, 2.24) is 0 Å². The highest BCUT2D eigenvalue weighted by Crippen LogP contribution is 2.29. The summed E-state index contributed by atoms with van der Waals surface area (Å²) in [6.07, 6.45) is 3.12. The minimum atomic E-state index is -0.608. The van der Waals surface area contributed by atoms with Crippen LogP contribution in [0.4, 0.5) is 0 Å². The van der Waals surface area contributed by atoms with E-state index in [1.807, 2.05) is 6.07 Å². The molecule has 0 radical (unpaired) electrons. The van der Waals surface area contributed by atoms with Crippen LogP contribution in [-0.4, -0.2) is 17.3 Å². The molecule has 3 nitrogen and oxygen atoms in total. The zero-order valence-electron chi connectivity index (χ0n) is 8.57. The highest BCUT2D eigenvalue weighted by Gasteiger charge is 2.32. The molecule has 1 N–H and O–H groups in total. The summed E-state index contributed by atoms with van der Waals surface area (Å²) < 4.78 is 5.49. The SMILES string of the molecule is C=C1OC(CCCC)CC(O)C1C#N. The van der Waals surface area contributed by atoms with Gasteiger partial charge in [0.05, 0.1) is 12.2 Å². The fraction of sp³-hybridized carbons (Fsp3) is 0.727. The van der Waals surface area contributed by atoms with Gasteiger partial charge in [-0.2, -0.15) is 5.26 Å². The summed E-state index contributed by atoms with van der Waals surface area (Å²) in [4.78, 5) is 0. The summed E-state index contributed by atoms with van der Waals surface area (Å²) in [7, 11) is 0. The van der Waals surface area contributed by atoms with E-state index in [2.05, 4.69) is 13.5 Å². The van der Waals surface area contributed by atoms with Crippen molar-refractivity contribution in [1.29, 1.82) is 5.26 Å². The number of nitriles is 1. The first-order chi connectivity index (χ1) is 6.69. The lowest BCUT2D eigenvalue weighted by molar-refractivity contribution is -0.0237. The zero-order valence-corrected chi connectivity index (χ0v) is 8.57. The van der Waals surface area contributed by atoms with Gasteiger partial charge in [0.1, 0.15) is 17.8 Å². The first kappa shape index (κ1) is 11.1. The van der Waals surface area contributed by atoms with E-state index in [-0.39, 0.29) is 6.10 Å². The largest absolute Gasteiger partial charge is 0.494 e. The van der Waals surface area contributed by atoms with Gasteiger partial charge >= 0.3 is 0 Å². The van der Waals surface area contributed by atoms with Gasteiger partial charge in [-0.15, -0.1) is 0 Å². The molecule has 78 valence electrons. The molecule has 0 aromatic heterocycles. The van der Waals surface area contributed by atoms with Gasteiger partial charge in [0.25, 0.3) is 0 Å². The molecule has 1 aliphatic heterocycles. The molecular formula is C11H17NO2. The molecule has 1 saturated heterocycles. The lowest BCUT2D eigenvalue weighted by Crippen LogP contribution is -2.34. The van der Waals surface area contributed by atoms with Gasteiger partial charge in [-0.05, 0) is 6.42 Å².